The van der Waals surface area contributed by atoms with E-state index in [2.05, 4.69) is 10.3 Å². The summed E-state index contributed by atoms with van der Waals surface area (Å²) in [6.45, 7) is 0. The van der Waals surface area contributed by atoms with E-state index >= 15 is 0 Å². The van der Waals surface area contributed by atoms with Crippen molar-refractivity contribution in [3.8, 4) is 17.0 Å². The van der Waals surface area contributed by atoms with Crippen LogP contribution in [0.15, 0.2) is 48.7 Å². The fourth-order valence-electron chi connectivity index (χ4n) is 1.41. The lowest BCUT2D eigenvalue weighted by molar-refractivity contribution is 0.203. The molecule has 4 nitrogen and oxygen atoms in total. The zero-order valence-electron chi connectivity index (χ0n) is 9.38. The number of nitrogens with one attached hydrogen (secondary N) is 1. The SMILES string of the molecule is CNC(=O)Oc1cccc(-c2ccccn2)c1. The van der Waals surface area contributed by atoms with Crippen LogP contribution in [-0.4, -0.2) is 18.1 Å². The molecule has 1 aromatic heterocycles. The fraction of sp³-hybridized carbons (Fsp3) is 0.0769. The summed E-state index contributed by atoms with van der Waals surface area (Å²) in [5, 5.41) is 2.40. The van der Waals surface area contributed by atoms with Gasteiger partial charge in [0.25, 0.3) is 0 Å². The molecule has 1 N–H and O–H groups in total. The number of amides is 1. The van der Waals surface area contributed by atoms with Crippen LogP contribution in [0.3, 0.4) is 0 Å². The van der Waals surface area contributed by atoms with Crippen molar-refractivity contribution in [1.82, 2.24) is 10.3 Å². The molecule has 1 heterocycles. The van der Waals surface area contributed by atoms with Crippen molar-refractivity contribution in [2.75, 3.05) is 7.05 Å². The largest absolute Gasteiger partial charge is 0.412 e. The average Bonchev–Trinajstić information content (AvgIpc) is 2.40. The number of benzene rings is 1. The summed E-state index contributed by atoms with van der Waals surface area (Å²) in [4.78, 5) is 15.3. The normalized spacial score (nSPS) is 9.71. The molecule has 0 radical (unpaired) electrons. The minimum Gasteiger partial charge on any atom is -0.410 e. The van der Waals surface area contributed by atoms with Gasteiger partial charge in [0.1, 0.15) is 5.75 Å². The molecule has 4 heteroatoms. The van der Waals surface area contributed by atoms with Crippen molar-refractivity contribution >= 4 is 6.09 Å². The third-order valence-corrected chi connectivity index (χ3v) is 2.21. The lowest BCUT2D eigenvalue weighted by Crippen LogP contribution is -2.21. The molecule has 1 aromatic carbocycles. The molecule has 1 amide bonds. The maximum atomic E-state index is 11.1. The van der Waals surface area contributed by atoms with Gasteiger partial charge in [-0.3, -0.25) is 4.98 Å². The highest BCUT2D eigenvalue weighted by Crippen LogP contribution is 2.21. The second-order valence-electron chi connectivity index (χ2n) is 3.38. The molecule has 0 spiro atoms. The van der Waals surface area contributed by atoms with E-state index in [0.717, 1.165) is 11.3 Å². The molecule has 86 valence electrons. The second kappa shape index (κ2) is 5.12. The summed E-state index contributed by atoms with van der Waals surface area (Å²) in [5.74, 6) is 0.493. The minimum atomic E-state index is -0.483. The predicted molar refractivity (Wildman–Crippen MR) is 64.8 cm³/mol. The molecule has 2 aromatic rings. The Kier molecular flexibility index (Phi) is 3.35. The smallest absolute Gasteiger partial charge is 0.410 e. The number of pyridine rings is 1. The van der Waals surface area contributed by atoms with E-state index in [4.69, 9.17) is 4.74 Å². The van der Waals surface area contributed by atoms with Gasteiger partial charge >= 0.3 is 6.09 Å². The number of hydrogen-bond acceptors (Lipinski definition) is 3. The molecule has 0 aliphatic heterocycles. The van der Waals surface area contributed by atoms with Crippen LogP contribution in [0, 0.1) is 0 Å². The summed E-state index contributed by atoms with van der Waals surface area (Å²) < 4.78 is 5.05. The van der Waals surface area contributed by atoms with Gasteiger partial charge in [0, 0.05) is 18.8 Å². The molecular formula is C13H12N2O2. The summed E-state index contributed by atoms with van der Waals surface area (Å²) in [6.07, 6.45) is 1.24. The quantitative estimate of drug-likeness (QED) is 0.859. The zero-order valence-corrected chi connectivity index (χ0v) is 9.38. The highest BCUT2D eigenvalue weighted by Gasteiger charge is 2.03. The van der Waals surface area contributed by atoms with E-state index in [1.165, 1.54) is 7.05 Å². The number of hydrogen-bond donors (Lipinski definition) is 1. The summed E-state index contributed by atoms with van der Waals surface area (Å²) in [5.41, 5.74) is 1.75. The average molecular weight is 228 g/mol. The first-order valence-corrected chi connectivity index (χ1v) is 5.20. The third-order valence-electron chi connectivity index (χ3n) is 2.21. The van der Waals surface area contributed by atoms with Crippen LogP contribution in [0.2, 0.25) is 0 Å². The van der Waals surface area contributed by atoms with Gasteiger partial charge in [-0.05, 0) is 24.3 Å². The van der Waals surface area contributed by atoms with Gasteiger partial charge in [0.15, 0.2) is 0 Å². The molecule has 0 unspecified atom stereocenters. The standard InChI is InChI=1S/C13H12N2O2/c1-14-13(16)17-11-6-4-5-10(9-11)12-7-2-3-8-15-12/h2-9H,1H3,(H,14,16). The number of rotatable bonds is 2. The number of carbonyl (C=O) groups excluding carboxylic acids is 1. The first-order chi connectivity index (χ1) is 8.29. The third kappa shape index (κ3) is 2.81. The predicted octanol–water partition coefficient (Wildman–Crippen LogP) is 2.47. The van der Waals surface area contributed by atoms with Gasteiger partial charge in [-0.15, -0.1) is 0 Å². The summed E-state index contributed by atoms with van der Waals surface area (Å²) in [7, 11) is 1.52. The van der Waals surface area contributed by atoms with Crippen LogP contribution < -0.4 is 10.1 Å². The van der Waals surface area contributed by atoms with E-state index in [1.807, 2.05) is 30.3 Å². The van der Waals surface area contributed by atoms with Crippen molar-refractivity contribution < 1.29 is 9.53 Å². The van der Waals surface area contributed by atoms with Crippen LogP contribution >= 0.6 is 0 Å². The van der Waals surface area contributed by atoms with E-state index in [0.29, 0.717) is 5.75 Å². The number of carbonyl (C=O) groups is 1. The van der Waals surface area contributed by atoms with Crippen LogP contribution in [-0.2, 0) is 0 Å². The number of nitrogens with zero attached hydrogens (tertiary/aromatic N) is 1. The monoisotopic (exact) mass is 228 g/mol. The Hall–Kier alpha value is -2.36. The van der Waals surface area contributed by atoms with Crippen molar-refractivity contribution in [2.24, 2.45) is 0 Å². The molecule has 0 bridgehead atoms. The van der Waals surface area contributed by atoms with Crippen molar-refractivity contribution in [1.29, 1.82) is 0 Å². The lowest BCUT2D eigenvalue weighted by atomic mass is 10.1. The Balaban J connectivity index is 2.26. The maximum absolute atomic E-state index is 11.1. The summed E-state index contributed by atoms with van der Waals surface area (Å²) >= 11 is 0. The van der Waals surface area contributed by atoms with Gasteiger partial charge in [-0.2, -0.15) is 0 Å². The Morgan fingerprint density at radius 1 is 1.24 bits per heavy atom. The first kappa shape index (κ1) is 11.1. The van der Waals surface area contributed by atoms with E-state index in [-0.39, 0.29) is 0 Å². The highest BCUT2D eigenvalue weighted by atomic mass is 16.5. The van der Waals surface area contributed by atoms with Gasteiger partial charge in [0.05, 0.1) is 5.69 Å². The van der Waals surface area contributed by atoms with Gasteiger partial charge in [0.2, 0.25) is 0 Å². The molecule has 0 saturated carbocycles. The van der Waals surface area contributed by atoms with Crippen molar-refractivity contribution in [3.05, 3.63) is 48.7 Å². The molecule has 17 heavy (non-hydrogen) atoms. The molecule has 2 rings (SSSR count). The van der Waals surface area contributed by atoms with Gasteiger partial charge in [-0.1, -0.05) is 18.2 Å². The Morgan fingerprint density at radius 3 is 2.82 bits per heavy atom. The van der Waals surface area contributed by atoms with Crippen molar-refractivity contribution in [3.63, 3.8) is 0 Å². The molecule has 0 aliphatic carbocycles. The minimum absolute atomic E-state index is 0.483. The number of aromatic nitrogens is 1. The highest BCUT2D eigenvalue weighted by molar-refractivity contribution is 5.71. The zero-order chi connectivity index (χ0) is 12.1. The lowest BCUT2D eigenvalue weighted by Gasteiger charge is -2.05. The van der Waals surface area contributed by atoms with Gasteiger partial charge in [-0.25, -0.2) is 4.79 Å². The van der Waals surface area contributed by atoms with Crippen LogP contribution in [0.25, 0.3) is 11.3 Å². The number of ether oxygens (including phenoxy) is 1. The summed E-state index contributed by atoms with van der Waals surface area (Å²) in [6, 6.07) is 12.9. The van der Waals surface area contributed by atoms with Crippen molar-refractivity contribution in [2.45, 2.75) is 0 Å². The molecule has 0 atom stereocenters. The molecule has 0 fully saturated rings. The van der Waals surface area contributed by atoms with Crippen LogP contribution in [0.5, 0.6) is 5.75 Å². The molecular weight excluding hydrogens is 216 g/mol. The Bertz CT molecular complexity index is 512. The molecule has 0 aliphatic rings. The van der Waals surface area contributed by atoms with Crippen LogP contribution in [0.4, 0.5) is 4.79 Å². The first-order valence-electron chi connectivity index (χ1n) is 5.20. The second-order valence-corrected chi connectivity index (χ2v) is 3.38. The molecule has 0 saturated heterocycles. The van der Waals surface area contributed by atoms with Gasteiger partial charge < -0.3 is 10.1 Å². The maximum Gasteiger partial charge on any atom is 0.412 e. The van der Waals surface area contributed by atoms with E-state index in [1.54, 1.807) is 18.3 Å². The fourth-order valence-corrected chi connectivity index (χ4v) is 1.41. The Labute approximate surface area is 99.3 Å². The van der Waals surface area contributed by atoms with E-state index < -0.39 is 6.09 Å². The Morgan fingerprint density at radius 2 is 2.12 bits per heavy atom. The van der Waals surface area contributed by atoms with E-state index in [9.17, 15) is 4.79 Å². The van der Waals surface area contributed by atoms with Crippen LogP contribution in [0.1, 0.15) is 0 Å². The topological polar surface area (TPSA) is 51.2 Å².